The summed E-state index contributed by atoms with van der Waals surface area (Å²) in [6, 6.07) is 95.5. The fourth-order valence-electron chi connectivity index (χ4n) is 15.5. The van der Waals surface area contributed by atoms with E-state index in [2.05, 4.69) is 30.3 Å². The van der Waals surface area contributed by atoms with Gasteiger partial charge < -0.3 is 110 Å². The second-order valence-corrected chi connectivity index (χ2v) is 30.8. The molecular formula is C115H118O24. The monoisotopic (exact) mass is 1880 g/mol. The van der Waals surface area contributed by atoms with Crippen molar-refractivity contribution in [3.05, 3.63) is 359 Å². The Morgan fingerprint density at radius 2 is 0.367 bits per heavy atom. The predicted octanol–water partition coefficient (Wildman–Crippen LogP) is 23.0. The van der Waals surface area contributed by atoms with Gasteiger partial charge in [-0.1, -0.05) is 152 Å². The standard InChI is InChI=1S/3C23H24O5.C23H22O5.C23H24O4/c4*1-25-19-10-8-16(13-21(19)27-3)15-6-5-7-17(12-15)23(24)18-9-11-20(26-2)22(14-18)28-4;1-24-20-10-8-17(14-22(20)26-3)12-16-6-5-7-18(13-16)19-9-11-21(25-2)23(15-19)27-4/h3*5-14,23-24H,1-4H3;5-14H,1-4H3;5-11,13-15H,12H2,1-4H3/t2*23-;;;/m10.../s1. The molecule has 0 bridgehead atoms. The summed E-state index contributed by atoms with van der Waals surface area (Å²) in [5.41, 5.74) is 17.9. The number of ketones is 1. The van der Waals surface area contributed by atoms with Gasteiger partial charge in [-0.15, -0.1) is 0 Å². The Bertz CT molecular complexity index is 6220. The lowest BCUT2D eigenvalue weighted by molar-refractivity contribution is 0.103. The molecule has 15 rings (SSSR count). The number of benzene rings is 15. The molecule has 15 aromatic carbocycles. The number of carbonyl (C=O) groups excluding carboxylic acids is 1. The maximum absolute atomic E-state index is 13.0. The zero-order valence-electron chi connectivity index (χ0n) is 81.7. The van der Waals surface area contributed by atoms with Crippen LogP contribution in [0.25, 0.3) is 55.6 Å². The fraction of sp³-hybridized carbons (Fsp3) is 0.209. The van der Waals surface area contributed by atoms with Crippen LogP contribution in [0.4, 0.5) is 0 Å². The predicted molar refractivity (Wildman–Crippen MR) is 541 cm³/mol. The second-order valence-electron chi connectivity index (χ2n) is 30.8. The van der Waals surface area contributed by atoms with E-state index in [9.17, 15) is 20.1 Å². The highest BCUT2D eigenvalue weighted by Gasteiger charge is 2.23. The van der Waals surface area contributed by atoms with Crippen molar-refractivity contribution in [1.82, 2.24) is 0 Å². The number of aliphatic hydroxyl groups is 3. The van der Waals surface area contributed by atoms with Crippen LogP contribution in [0.15, 0.2) is 303 Å². The van der Waals surface area contributed by atoms with Crippen molar-refractivity contribution in [2.75, 3.05) is 142 Å². The number of carbonyl (C=O) groups is 1. The van der Waals surface area contributed by atoms with Crippen LogP contribution >= 0.6 is 0 Å². The molecule has 0 heterocycles. The summed E-state index contributed by atoms with van der Waals surface area (Å²) in [6.07, 6.45) is -1.57. The maximum Gasteiger partial charge on any atom is 0.193 e. The number of aliphatic hydroxyl groups excluding tert-OH is 3. The molecule has 722 valence electrons. The van der Waals surface area contributed by atoms with Crippen LogP contribution in [0.5, 0.6) is 115 Å². The van der Waals surface area contributed by atoms with E-state index in [4.69, 9.17) is 94.7 Å². The summed E-state index contributed by atoms with van der Waals surface area (Å²) >= 11 is 0. The number of hydrogen-bond acceptors (Lipinski definition) is 24. The van der Waals surface area contributed by atoms with E-state index in [-0.39, 0.29) is 5.78 Å². The van der Waals surface area contributed by atoms with Gasteiger partial charge in [-0.05, 0) is 258 Å². The lowest BCUT2D eigenvalue weighted by Gasteiger charge is -2.16. The molecule has 0 aliphatic rings. The lowest BCUT2D eigenvalue weighted by Crippen LogP contribution is -2.02. The Kier molecular flexibility index (Phi) is 37.9. The van der Waals surface area contributed by atoms with Crippen LogP contribution in [0, 0.1) is 0 Å². The molecule has 0 aliphatic heterocycles. The van der Waals surface area contributed by atoms with Crippen molar-refractivity contribution in [2.24, 2.45) is 0 Å². The van der Waals surface area contributed by atoms with Crippen molar-refractivity contribution >= 4 is 5.78 Å². The molecule has 0 saturated heterocycles. The fourth-order valence-corrected chi connectivity index (χ4v) is 15.5. The summed E-state index contributed by atoms with van der Waals surface area (Å²) in [5, 5.41) is 32.7. The van der Waals surface area contributed by atoms with Gasteiger partial charge in [0, 0.05) is 11.1 Å². The molecule has 0 aromatic heterocycles. The normalized spacial score (nSPS) is 11.1. The third-order valence-electron chi connectivity index (χ3n) is 22.9. The third kappa shape index (κ3) is 25.9. The summed E-state index contributed by atoms with van der Waals surface area (Å²) in [6.45, 7) is 0. The van der Waals surface area contributed by atoms with Crippen molar-refractivity contribution in [2.45, 2.75) is 24.7 Å². The Labute approximate surface area is 812 Å². The molecule has 0 fully saturated rings. The highest BCUT2D eigenvalue weighted by atomic mass is 16.5. The van der Waals surface area contributed by atoms with Gasteiger partial charge in [0.2, 0.25) is 0 Å². The van der Waals surface area contributed by atoms with Gasteiger partial charge in [-0.2, -0.15) is 0 Å². The quantitative estimate of drug-likeness (QED) is 0.0312. The Morgan fingerprint density at radius 3 is 0.655 bits per heavy atom. The average molecular weight is 1880 g/mol. The number of rotatable bonds is 35. The van der Waals surface area contributed by atoms with Crippen molar-refractivity contribution in [3.8, 4) is 171 Å². The van der Waals surface area contributed by atoms with E-state index in [1.807, 2.05) is 212 Å². The molecule has 0 spiro atoms. The van der Waals surface area contributed by atoms with E-state index in [0.29, 0.717) is 103 Å². The van der Waals surface area contributed by atoms with E-state index in [0.717, 1.165) is 124 Å². The van der Waals surface area contributed by atoms with Gasteiger partial charge in [-0.25, -0.2) is 0 Å². The molecule has 139 heavy (non-hydrogen) atoms. The van der Waals surface area contributed by atoms with Crippen LogP contribution < -0.4 is 94.7 Å². The summed E-state index contributed by atoms with van der Waals surface area (Å²) in [5.74, 6) is 12.8. The molecule has 3 atom stereocenters. The van der Waals surface area contributed by atoms with Crippen LogP contribution in [-0.2, 0) is 6.42 Å². The van der Waals surface area contributed by atoms with Crippen LogP contribution in [0.3, 0.4) is 0 Å². The minimum absolute atomic E-state index is 0.0942. The molecule has 15 aromatic rings. The topological polar surface area (TPSA) is 262 Å². The minimum atomic E-state index is -0.792. The first-order chi connectivity index (χ1) is 67.6. The van der Waals surface area contributed by atoms with Crippen molar-refractivity contribution in [1.29, 1.82) is 0 Å². The van der Waals surface area contributed by atoms with Gasteiger partial charge in [0.15, 0.2) is 121 Å². The molecule has 3 N–H and O–H groups in total. The molecule has 24 heteroatoms. The first kappa shape index (κ1) is 103. The SMILES string of the molecule is COc1ccc(-c2cccc(C(O)c3ccc(OC)c(OC)c3)c2)cc1OC.COc1ccc(-c2cccc([C@@H](O)c3ccc(OC)c(OC)c3)c2)cc1OC.COc1ccc(-c2cccc([C@H](O)c3ccc(OC)c(OC)c3)c2)cc1OC.COc1ccc(C(=O)c2cccc(-c3ccc(OC)c(OC)c3)c2)cc1OC.COc1ccc(Cc2cccc(-c3ccc(OC)c(OC)c3)c2)cc1OC. The van der Waals surface area contributed by atoms with Gasteiger partial charge in [0.05, 0.1) is 142 Å². The molecule has 0 saturated carbocycles. The molecule has 24 nitrogen and oxygen atoms in total. The van der Waals surface area contributed by atoms with Crippen molar-refractivity contribution in [3.63, 3.8) is 0 Å². The highest BCUT2D eigenvalue weighted by Crippen LogP contribution is 2.44. The average Bonchev–Trinajstić information content (AvgIpc) is 0.814. The molecular weight excluding hydrogens is 1770 g/mol. The maximum atomic E-state index is 13.0. The third-order valence-corrected chi connectivity index (χ3v) is 22.9. The first-order valence-corrected chi connectivity index (χ1v) is 43.9. The zero-order valence-corrected chi connectivity index (χ0v) is 81.7. The Hall–Kier alpha value is -16.2. The van der Waals surface area contributed by atoms with Gasteiger partial charge in [0.1, 0.15) is 18.3 Å². The van der Waals surface area contributed by atoms with Gasteiger partial charge in [-0.3, -0.25) is 4.79 Å². The van der Waals surface area contributed by atoms with Gasteiger partial charge >= 0.3 is 0 Å². The van der Waals surface area contributed by atoms with E-state index in [1.165, 1.54) is 5.56 Å². The number of ether oxygens (including phenoxy) is 20. The number of hydrogen-bond donors (Lipinski definition) is 3. The van der Waals surface area contributed by atoms with E-state index in [1.54, 1.807) is 203 Å². The smallest absolute Gasteiger partial charge is 0.193 e. The molecule has 1 unspecified atom stereocenters. The first-order valence-electron chi connectivity index (χ1n) is 43.9. The summed E-state index contributed by atoms with van der Waals surface area (Å²) in [4.78, 5) is 13.0. The zero-order chi connectivity index (χ0) is 99.6. The number of methoxy groups -OCH3 is 20. The Morgan fingerprint density at radius 1 is 0.173 bits per heavy atom. The van der Waals surface area contributed by atoms with E-state index >= 15 is 0 Å². The summed E-state index contributed by atoms with van der Waals surface area (Å²) in [7, 11) is 32.0. The van der Waals surface area contributed by atoms with E-state index < -0.39 is 18.3 Å². The van der Waals surface area contributed by atoms with Crippen LogP contribution in [-0.4, -0.2) is 163 Å². The highest BCUT2D eigenvalue weighted by molar-refractivity contribution is 6.10. The minimum Gasteiger partial charge on any atom is -0.493 e. The van der Waals surface area contributed by atoms with Gasteiger partial charge in [0.25, 0.3) is 0 Å². The van der Waals surface area contributed by atoms with Crippen LogP contribution in [0.2, 0.25) is 0 Å². The Balaban J connectivity index is 0.000000166. The summed E-state index contributed by atoms with van der Waals surface area (Å²) < 4.78 is 107. The molecule has 0 aliphatic carbocycles. The van der Waals surface area contributed by atoms with Crippen molar-refractivity contribution < 1.29 is 115 Å². The molecule has 0 amide bonds. The largest absolute Gasteiger partial charge is 0.493 e. The lowest BCUT2D eigenvalue weighted by atomic mass is 9.96. The second kappa shape index (κ2) is 51.0. The molecule has 0 radical (unpaired) electrons. The van der Waals surface area contributed by atoms with Crippen LogP contribution in [0.1, 0.15) is 78.7 Å².